The molecule has 2 amide bonds. The third-order valence-corrected chi connectivity index (χ3v) is 5.06. The average Bonchev–Trinajstić information content (AvgIpc) is 2.64. The minimum Gasteiger partial charge on any atom is -0.385 e. The predicted octanol–water partition coefficient (Wildman–Crippen LogP) is 0.462. The summed E-state index contributed by atoms with van der Waals surface area (Å²) in [6.07, 6.45) is -3.40. The van der Waals surface area contributed by atoms with Crippen LogP contribution in [0.3, 0.4) is 0 Å². The normalized spacial score (nSPS) is 32.2. The number of carbonyl (C=O) groups is 1. The van der Waals surface area contributed by atoms with Gasteiger partial charge in [0, 0.05) is 18.3 Å². The first-order valence-corrected chi connectivity index (χ1v) is 9.46. The summed E-state index contributed by atoms with van der Waals surface area (Å²) in [5, 5.41) is 45.8. The summed E-state index contributed by atoms with van der Waals surface area (Å²) in [7, 11) is 0. The number of nitroso groups, excluding NO2 is 1. The van der Waals surface area contributed by atoms with Crippen molar-refractivity contribution in [2.45, 2.75) is 57.8 Å². The molecular weight excluding hydrogens is 382 g/mol. The van der Waals surface area contributed by atoms with E-state index in [4.69, 9.17) is 16.3 Å². The summed E-state index contributed by atoms with van der Waals surface area (Å²) >= 11 is 5.57. The molecule has 5 atom stereocenters. The third-order valence-electron chi connectivity index (χ3n) is 4.89. The van der Waals surface area contributed by atoms with E-state index in [9.17, 15) is 30.1 Å². The van der Waals surface area contributed by atoms with Gasteiger partial charge in [-0.15, -0.1) is 16.5 Å². The van der Waals surface area contributed by atoms with E-state index in [1.807, 2.05) is 0 Å². The van der Waals surface area contributed by atoms with Gasteiger partial charge in [-0.2, -0.15) is 5.01 Å². The Labute approximate surface area is 163 Å². The molecule has 0 saturated carbocycles. The number of urea groups is 1. The Morgan fingerprint density at radius 3 is 2.33 bits per heavy atom. The quantitative estimate of drug-likeness (QED) is 0.196. The number of nitrogens with zero attached hydrogens (tertiary/aromatic N) is 3. The Balaban J connectivity index is 3.25. The van der Waals surface area contributed by atoms with E-state index < -0.39 is 42.3 Å². The molecule has 1 heterocycles. The molecule has 10 nitrogen and oxygen atoms in total. The highest BCUT2D eigenvalue weighted by Gasteiger charge is 2.60. The lowest BCUT2D eigenvalue weighted by atomic mass is 9.83. The first kappa shape index (κ1) is 24.0. The molecule has 1 aliphatic rings. The molecule has 1 saturated heterocycles. The van der Waals surface area contributed by atoms with Crippen molar-refractivity contribution >= 4 is 17.6 Å². The number of halogens is 1. The van der Waals surface area contributed by atoms with Crippen LogP contribution in [0, 0.1) is 16.7 Å². The van der Waals surface area contributed by atoms with Crippen molar-refractivity contribution in [3.63, 3.8) is 0 Å². The van der Waals surface area contributed by atoms with Gasteiger partial charge in [0.15, 0.2) is 11.5 Å². The summed E-state index contributed by atoms with van der Waals surface area (Å²) < 4.78 is 5.35. The highest BCUT2D eigenvalue weighted by Crippen LogP contribution is 2.38. The number of amides is 2. The second kappa shape index (κ2) is 9.44. The molecule has 27 heavy (non-hydrogen) atoms. The van der Waals surface area contributed by atoms with Crippen molar-refractivity contribution in [2.24, 2.45) is 17.1 Å². The number of hydrogen-bond acceptors (Lipinski definition) is 8. The van der Waals surface area contributed by atoms with E-state index in [2.05, 4.69) is 5.29 Å². The fourth-order valence-electron chi connectivity index (χ4n) is 2.99. The molecule has 0 aromatic rings. The van der Waals surface area contributed by atoms with E-state index in [0.29, 0.717) is 11.4 Å². The van der Waals surface area contributed by atoms with Gasteiger partial charge in [0.2, 0.25) is 0 Å². The van der Waals surface area contributed by atoms with Crippen LogP contribution in [-0.4, -0.2) is 85.7 Å². The maximum atomic E-state index is 12.7. The van der Waals surface area contributed by atoms with Crippen LogP contribution in [0.4, 0.5) is 4.79 Å². The van der Waals surface area contributed by atoms with Crippen molar-refractivity contribution in [1.82, 2.24) is 9.91 Å². The lowest BCUT2D eigenvalue weighted by Gasteiger charge is -2.53. The average molecular weight is 412 g/mol. The van der Waals surface area contributed by atoms with Crippen LogP contribution in [0.2, 0.25) is 0 Å². The molecule has 0 spiro atoms. The van der Waals surface area contributed by atoms with E-state index >= 15 is 0 Å². The van der Waals surface area contributed by atoms with Crippen LogP contribution in [-0.2, 0) is 4.74 Å². The number of aliphatic hydroxyl groups is 4. The molecule has 11 heteroatoms. The van der Waals surface area contributed by atoms with Gasteiger partial charge < -0.3 is 25.2 Å². The highest BCUT2D eigenvalue weighted by molar-refractivity contribution is 6.18. The lowest BCUT2D eigenvalue weighted by molar-refractivity contribution is -0.378. The molecular formula is C16H30ClN3O7. The molecule has 1 rings (SSSR count). The fourth-order valence-corrected chi connectivity index (χ4v) is 3.15. The van der Waals surface area contributed by atoms with Gasteiger partial charge in [0.25, 0.3) is 0 Å². The highest BCUT2D eigenvalue weighted by atomic mass is 35.5. The summed E-state index contributed by atoms with van der Waals surface area (Å²) in [6, 6.07) is -0.995. The maximum absolute atomic E-state index is 12.7. The smallest absolute Gasteiger partial charge is 0.345 e. The van der Waals surface area contributed by atoms with Crippen LogP contribution in [0.5, 0.6) is 0 Å². The molecule has 0 bridgehead atoms. The van der Waals surface area contributed by atoms with Gasteiger partial charge in [0.05, 0.1) is 11.8 Å². The van der Waals surface area contributed by atoms with Crippen LogP contribution >= 0.6 is 11.6 Å². The van der Waals surface area contributed by atoms with Crippen molar-refractivity contribution in [1.29, 1.82) is 0 Å². The van der Waals surface area contributed by atoms with E-state index in [0.717, 1.165) is 4.90 Å². The summed E-state index contributed by atoms with van der Waals surface area (Å²) in [5.74, 6) is -2.88. The molecule has 0 aromatic carbocycles. The monoisotopic (exact) mass is 411 g/mol. The molecule has 1 fully saturated rings. The van der Waals surface area contributed by atoms with Gasteiger partial charge in [-0.05, 0) is 12.3 Å². The standard InChI is InChI=1S/C16H30ClN3O7/c1-5-11(4)16(25)13(22)12(21)15(24,9-27-16)19(8-10(2)3)14(23)20(18-26)7-6-17/h10-13,21-22,24-25H,5-9H2,1-4H3/t11?,12-,13-,15+,16-/m1/s1. The zero-order chi connectivity index (χ0) is 21.0. The topological polar surface area (TPSA) is 143 Å². The maximum Gasteiger partial charge on any atom is 0.345 e. The van der Waals surface area contributed by atoms with Crippen LogP contribution in [0.15, 0.2) is 5.29 Å². The largest absolute Gasteiger partial charge is 0.385 e. The zero-order valence-corrected chi connectivity index (χ0v) is 16.8. The van der Waals surface area contributed by atoms with Gasteiger partial charge >= 0.3 is 6.03 Å². The van der Waals surface area contributed by atoms with Gasteiger partial charge in [-0.1, -0.05) is 27.7 Å². The molecule has 0 radical (unpaired) electrons. The molecule has 4 N–H and O–H groups in total. The molecule has 158 valence electrons. The van der Waals surface area contributed by atoms with Gasteiger partial charge in [-0.3, -0.25) is 4.90 Å². The molecule has 1 aliphatic heterocycles. The first-order valence-electron chi connectivity index (χ1n) is 8.92. The Kier molecular flexibility index (Phi) is 8.39. The van der Waals surface area contributed by atoms with Crippen molar-refractivity contribution in [3.05, 3.63) is 4.91 Å². The number of carbonyl (C=O) groups excluding carboxylic acids is 1. The molecule has 0 aromatic heterocycles. The lowest BCUT2D eigenvalue weighted by Crippen LogP contribution is -2.75. The van der Waals surface area contributed by atoms with E-state index in [1.54, 1.807) is 27.7 Å². The van der Waals surface area contributed by atoms with Crippen LogP contribution in [0.1, 0.15) is 34.1 Å². The Hall–Kier alpha value is -1.04. The summed E-state index contributed by atoms with van der Waals surface area (Å²) in [5.41, 5.74) is -2.38. The number of aliphatic hydroxyl groups excluding tert-OH is 2. The number of ether oxygens (including phenoxy) is 1. The molecule has 1 unspecified atom stereocenters. The summed E-state index contributed by atoms with van der Waals surface area (Å²) in [4.78, 5) is 24.5. The van der Waals surface area contributed by atoms with Crippen molar-refractivity contribution < 1.29 is 30.0 Å². The van der Waals surface area contributed by atoms with Crippen molar-refractivity contribution in [2.75, 3.05) is 25.6 Å². The van der Waals surface area contributed by atoms with Crippen LogP contribution < -0.4 is 0 Å². The number of rotatable bonds is 8. The minimum atomic E-state index is -2.38. The van der Waals surface area contributed by atoms with E-state index in [-0.39, 0.29) is 24.9 Å². The SMILES string of the molecule is CCC(C)[C@@]1(O)OC[C@@](O)(N(CC(C)C)C(=O)N(CCCl)N=O)[C@H](O)[C@H]1O. The predicted molar refractivity (Wildman–Crippen MR) is 97.5 cm³/mol. The zero-order valence-electron chi connectivity index (χ0n) is 16.1. The fraction of sp³-hybridized carbons (Fsp3) is 0.938. The Morgan fingerprint density at radius 1 is 1.30 bits per heavy atom. The van der Waals surface area contributed by atoms with Gasteiger partial charge in [-0.25, -0.2) is 4.79 Å². The third kappa shape index (κ3) is 4.69. The molecule has 0 aliphatic carbocycles. The van der Waals surface area contributed by atoms with E-state index in [1.165, 1.54) is 0 Å². The number of alkyl halides is 1. The first-order chi connectivity index (χ1) is 12.5. The number of hydrogen-bond donors (Lipinski definition) is 4. The second-order valence-electron chi connectivity index (χ2n) is 7.30. The minimum absolute atomic E-state index is 0.0686. The Morgan fingerprint density at radius 2 is 1.89 bits per heavy atom. The summed E-state index contributed by atoms with van der Waals surface area (Å²) in [6.45, 7) is 5.95. The second-order valence-corrected chi connectivity index (χ2v) is 7.68. The van der Waals surface area contributed by atoms with Crippen LogP contribution in [0.25, 0.3) is 0 Å². The van der Waals surface area contributed by atoms with Gasteiger partial charge in [0.1, 0.15) is 18.8 Å². The van der Waals surface area contributed by atoms with Crippen molar-refractivity contribution in [3.8, 4) is 0 Å². The Bertz CT molecular complexity index is 526.